The third-order valence-electron chi connectivity index (χ3n) is 5.36. The fourth-order valence-electron chi connectivity index (χ4n) is 4.19. The molecule has 3 heterocycles. The average Bonchev–Trinajstić information content (AvgIpc) is 3.16. The molecule has 0 aliphatic carbocycles. The number of hydrogen-bond donors (Lipinski definition) is 2. The Morgan fingerprint density at radius 2 is 2.12 bits per heavy atom. The van der Waals surface area contributed by atoms with Crippen LogP contribution in [0.5, 0.6) is 0 Å². The van der Waals surface area contributed by atoms with Crippen LogP contribution in [0.1, 0.15) is 27.5 Å². The SMILES string of the molecule is Cc1ccccc1[C@H]1[C@H]2CNC[C@H]2CN1C(=O)c1ccnc(N)c1. The third kappa shape index (κ3) is 2.45. The summed E-state index contributed by atoms with van der Waals surface area (Å²) < 4.78 is 0. The quantitative estimate of drug-likeness (QED) is 0.887. The Bertz CT molecular complexity index is 775. The summed E-state index contributed by atoms with van der Waals surface area (Å²) in [4.78, 5) is 19.2. The number of nitrogens with zero attached hydrogens (tertiary/aromatic N) is 2. The van der Waals surface area contributed by atoms with E-state index in [4.69, 9.17) is 5.73 Å². The average molecular weight is 322 g/mol. The van der Waals surface area contributed by atoms with Crippen molar-refractivity contribution in [1.82, 2.24) is 15.2 Å². The van der Waals surface area contributed by atoms with Gasteiger partial charge in [0.05, 0.1) is 6.04 Å². The second-order valence-corrected chi connectivity index (χ2v) is 6.81. The summed E-state index contributed by atoms with van der Waals surface area (Å²) in [5, 5.41) is 3.48. The van der Waals surface area contributed by atoms with E-state index in [0.29, 0.717) is 23.2 Å². The molecule has 0 spiro atoms. The van der Waals surface area contributed by atoms with Gasteiger partial charge in [0.25, 0.3) is 5.91 Å². The molecule has 0 radical (unpaired) electrons. The van der Waals surface area contributed by atoms with Gasteiger partial charge in [-0.3, -0.25) is 4.79 Å². The fraction of sp³-hybridized carbons (Fsp3) is 0.368. The van der Waals surface area contributed by atoms with Crippen molar-refractivity contribution in [1.29, 1.82) is 0 Å². The molecule has 5 heteroatoms. The number of pyridine rings is 1. The minimum Gasteiger partial charge on any atom is -0.384 e. The summed E-state index contributed by atoms with van der Waals surface area (Å²) >= 11 is 0. The predicted octanol–water partition coefficient (Wildman–Crippen LogP) is 2.00. The van der Waals surface area contributed by atoms with E-state index >= 15 is 0 Å². The topological polar surface area (TPSA) is 71.2 Å². The van der Waals surface area contributed by atoms with Crippen molar-refractivity contribution < 1.29 is 4.79 Å². The number of likely N-dealkylation sites (tertiary alicyclic amines) is 1. The Hall–Kier alpha value is -2.40. The van der Waals surface area contributed by atoms with Crippen molar-refractivity contribution in [3.05, 3.63) is 59.3 Å². The molecule has 24 heavy (non-hydrogen) atoms. The summed E-state index contributed by atoms with van der Waals surface area (Å²) in [6, 6.07) is 11.9. The van der Waals surface area contributed by atoms with Crippen LogP contribution in [0.4, 0.5) is 5.82 Å². The van der Waals surface area contributed by atoms with Crippen LogP contribution < -0.4 is 11.1 Å². The van der Waals surface area contributed by atoms with E-state index < -0.39 is 0 Å². The van der Waals surface area contributed by atoms with Crippen LogP contribution in [0.2, 0.25) is 0 Å². The third-order valence-corrected chi connectivity index (χ3v) is 5.36. The fourth-order valence-corrected chi connectivity index (χ4v) is 4.19. The molecule has 2 aliphatic heterocycles. The van der Waals surface area contributed by atoms with Crippen LogP contribution in [-0.4, -0.2) is 35.4 Å². The van der Waals surface area contributed by atoms with Gasteiger partial charge in [-0.25, -0.2) is 4.98 Å². The standard InChI is InChI=1S/C19H22N4O/c1-12-4-2-3-5-15(12)18-16-10-21-9-14(16)11-23(18)19(24)13-6-7-22-17(20)8-13/h2-8,14,16,18,21H,9-11H2,1H3,(H2,20,22)/t14-,16-,18-/m0/s1. The Balaban J connectivity index is 1.73. The van der Waals surface area contributed by atoms with Crippen molar-refractivity contribution in [3.8, 4) is 0 Å². The summed E-state index contributed by atoms with van der Waals surface area (Å²) in [6.45, 7) is 4.86. The van der Waals surface area contributed by atoms with Gasteiger partial charge in [0.2, 0.25) is 0 Å². The number of aromatic nitrogens is 1. The molecule has 1 aromatic carbocycles. The number of aryl methyl sites for hydroxylation is 1. The zero-order valence-electron chi connectivity index (χ0n) is 13.8. The van der Waals surface area contributed by atoms with Gasteiger partial charge >= 0.3 is 0 Å². The molecule has 124 valence electrons. The van der Waals surface area contributed by atoms with E-state index in [-0.39, 0.29) is 11.9 Å². The lowest BCUT2D eigenvalue weighted by Crippen LogP contribution is -2.35. The number of carbonyl (C=O) groups excluding carboxylic acids is 1. The number of carbonyl (C=O) groups is 1. The molecule has 1 amide bonds. The van der Waals surface area contributed by atoms with E-state index in [1.165, 1.54) is 11.1 Å². The minimum absolute atomic E-state index is 0.0479. The second kappa shape index (κ2) is 5.91. The lowest BCUT2D eigenvalue weighted by atomic mass is 9.87. The molecule has 0 saturated carbocycles. The van der Waals surface area contributed by atoms with Gasteiger partial charge in [0.1, 0.15) is 5.82 Å². The Labute approximate surface area is 141 Å². The number of nitrogens with two attached hydrogens (primary N) is 1. The molecule has 2 fully saturated rings. The first-order valence-corrected chi connectivity index (χ1v) is 8.44. The number of benzene rings is 1. The molecule has 2 aliphatic rings. The van der Waals surface area contributed by atoms with Gasteiger partial charge < -0.3 is 16.0 Å². The highest BCUT2D eigenvalue weighted by molar-refractivity contribution is 5.95. The van der Waals surface area contributed by atoms with E-state index in [1.807, 2.05) is 11.0 Å². The summed E-state index contributed by atoms with van der Waals surface area (Å²) in [6.07, 6.45) is 1.60. The van der Waals surface area contributed by atoms with Crippen LogP contribution >= 0.6 is 0 Å². The van der Waals surface area contributed by atoms with Gasteiger partial charge in [-0.2, -0.15) is 0 Å². The molecule has 0 bridgehead atoms. The lowest BCUT2D eigenvalue weighted by Gasteiger charge is -2.29. The maximum Gasteiger partial charge on any atom is 0.254 e. The lowest BCUT2D eigenvalue weighted by molar-refractivity contribution is 0.0713. The van der Waals surface area contributed by atoms with Gasteiger partial charge in [-0.05, 0) is 36.1 Å². The number of fused-ring (bicyclic) bond motifs is 1. The van der Waals surface area contributed by atoms with Gasteiger partial charge in [0.15, 0.2) is 0 Å². The van der Waals surface area contributed by atoms with Crippen LogP contribution in [0.25, 0.3) is 0 Å². The van der Waals surface area contributed by atoms with Crippen LogP contribution in [-0.2, 0) is 0 Å². The molecule has 0 unspecified atom stereocenters. The first kappa shape index (κ1) is 15.1. The first-order valence-electron chi connectivity index (χ1n) is 8.44. The van der Waals surface area contributed by atoms with Crippen molar-refractivity contribution >= 4 is 11.7 Å². The molecule has 3 N–H and O–H groups in total. The highest BCUT2D eigenvalue weighted by atomic mass is 16.2. The van der Waals surface area contributed by atoms with Crippen molar-refractivity contribution in [2.45, 2.75) is 13.0 Å². The molecule has 3 atom stereocenters. The smallest absolute Gasteiger partial charge is 0.254 e. The van der Waals surface area contributed by atoms with Gasteiger partial charge in [-0.15, -0.1) is 0 Å². The minimum atomic E-state index is 0.0479. The number of amides is 1. The number of rotatable bonds is 2. The van der Waals surface area contributed by atoms with Crippen molar-refractivity contribution in [2.24, 2.45) is 11.8 Å². The summed E-state index contributed by atoms with van der Waals surface area (Å²) in [7, 11) is 0. The second-order valence-electron chi connectivity index (χ2n) is 6.81. The van der Waals surface area contributed by atoms with E-state index in [0.717, 1.165) is 19.6 Å². The highest BCUT2D eigenvalue weighted by Crippen LogP contribution is 2.44. The van der Waals surface area contributed by atoms with Crippen LogP contribution in [0.15, 0.2) is 42.6 Å². The summed E-state index contributed by atoms with van der Waals surface area (Å²) in [5.74, 6) is 1.41. The van der Waals surface area contributed by atoms with Crippen LogP contribution in [0.3, 0.4) is 0 Å². The van der Waals surface area contributed by atoms with Crippen molar-refractivity contribution in [2.75, 3.05) is 25.4 Å². The molecule has 2 aromatic rings. The number of anilines is 1. The van der Waals surface area contributed by atoms with Gasteiger partial charge in [-0.1, -0.05) is 24.3 Å². The number of hydrogen-bond acceptors (Lipinski definition) is 4. The first-order chi connectivity index (χ1) is 11.6. The number of nitrogen functional groups attached to an aromatic ring is 1. The summed E-state index contributed by atoms with van der Waals surface area (Å²) in [5.41, 5.74) is 8.88. The largest absolute Gasteiger partial charge is 0.384 e. The van der Waals surface area contributed by atoms with Gasteiger partial charge in [0, 0.05) is 37.3 Å². The Kier molecular flexibility index (Phi) is 3.73. The Morgan fingerprint density at radius 3 is 2.92 bits per heavy atom. The van der Waals surface area contributed by atoms with E-state index in [2.05, 4.69) is 35.4 Å². The molecule has 2 saturated heterocycles. The maximum atomic E-state index is 13.1. The zero-order valence-corrected chi connectivity index (χ0v) is 13.8. The molecule has 5 nitrogen and oxygen atoms in total. The highest BCUT2D eigenvalue weighted by Gasteiger charge is 2.47. The normalized spacial score (nSPS) is 25.7. The predicted molar refractivity (Wildman–Crippen MR) is 93.5 cm³/mol. The zero-order chi connectivity index (χ0) is 16.7. The van der Waals surface area contributed by atoms with E-state index in [1.54, 1.807) is 18.3 Å². The molecule has 1 aromatic heterocycles. The molecule has 4 rings (SSSR count). The molecular weight excluding hydrogens is 300 g/mol. The monoisotopic (exact) mass is 322 g/mol. The molecular formula is C19H22N4O. The van der Waals surface area contributed by atoms with Crippen LogP contribution in [0, 0.1) is 18.8 Å². The van der Waals surface area contributed by atoms with E-state index in [9.17, 15) is 4.79 Å². The van der Waals surface area contributed by atoms with Crippen molar-refractivity contribution in [3.63, 3.8) is 0 Å². The maximum absolute atomic E-state index is 13.1. The Morgan fingerprint density at radius 1 is 1.29 bits per heavy atom. The number of nitrogens with one attached hydrogen (secondary N) is 1.